The van der Waals surface area contributed by atoms with Crippen molar-refractivity contribution < 1.29 is 0 Å². The van der Waals surface area contributed by atoms with E-state index < -0.39 is 0 Å². The molecule has 0 saturated heterocycles. The predicted molar refractivity (Wildman–Crippen MR) is 184 cm³/mol. The second-order valence-electron chi connectivity index (χ2n) is 11.1. The first-order valence-corrected chi connectivity index (χ1v) is 14.7. The summed E-state index contributed by atoms with van der Waals surface area (Å²) in [6, 6.07) is 47.8. The number of nitrogens with zero attached hydrogens (tertiary/aromatic N) is 2. The Labute approximate surface area is 254 Å². The average molecular weight is 571 g/mol. The number of hydrogen-bond donors (Lipinski definition) is 0. The van der Waals surface area contributed by atoms with Crippen LogP contribution in [0.1, 0.15) is 11.1 Å². The van der Waals surface area contributed by atoms with Crippen LogP contribution >= 0.6 is 0 Å². The summed E-state index contributed by atoms with van der Waals surface area (Å²) < 4.78 is 3.61. The second kappa shape index (κ2) is 11.2. The van der Waals surface area contributed by atoms with Gasteiger partial charge in [0.1, 0.15) is 0 Å². The van der Waals surface area contributed by atoms with Gasteiger partial charge in [0, 0.05) is 32.9 Å². The van der Waals surface area contributed by atoms with Crippen LogP contribution in [0.15, 0.2) is 155 Å². The van der Waals surface area contributed by atoms with E-state index in [0.29, 0.717) is 0 Å². The number of aromatic nitrogens is 2. The van der Waals surface area contributed by atoms with Gasteiger partial charge in [-0.05, 0) is 79.2 Å². The summed E-state index contributed by atoms with van der Waals surface area (Å²) in [6.45, 7) is 4.13. The molecule has 4 nitrogen and oxygen atoms in total. The monoisotopic (exact) mass is 570 g/mol. The van der Waals surface area contributed by atoms with Crippen LogP contribution in [0.4, 0.5) is 0 Å². The van der Waals surface area contributed by atoms with Crippen molar-refractivity contribution in [2.75, 3.05) is 0 Å². The lowest BCUT2D eigenvalue weighted by molar-refractivity contribution is 1.06. The Hall–Kier alpha value is -5.74. The number of fused-ring (bicyclic) bond motifs is 6. The summed E-state index contributed by atoms with van der Waals surface area (Å²) in [5, 5.41) is 5.73. The highest BCUT2D eigenvalue weighted by Gasteiger charge is 2.13. The summed E-state index contributed by atoms with van der Waals surface area (Å²) in [4.78, 5) is 26.0. The zero-order valence-corrected chi connectivity index (χ0v) is 24.6. The molecule has 0 amide bonds. The SMILES string of the molecule is Cc1ccc(-n2c(=O)c3ccccc3c3cc(C)ccc32)cc1.O=c1c2ccccc2c2ccccc2n1-c1ccccc1. The molecule has 0 bridgehead atoms. The Morgan fingerprint density at radius 2 is 0.795 bits per heavy atom. The average Bonchev–Trinajstić information content (AvgIpc) is 3.07. The molecule has 0 aliphatic carbocycles. The third-order valence-corrected chi connectivity index (χ3v) is 8.15. The lowest BCUT2D eigenvalue weighted by Gasteiger charge is -2.14. The Morgan fingerprint density at radius 1 is 0.364 bits per heavy atom. The predicted octanol–water partition coefficient (Wildman–Crippen LogP) is 8.90. The molecule has 2 aromatic heterocycles. The van der Waals surface area contributed by atoms with Gasteiger partial charge in [-0.3, -0.25) is 18.7 Å². The van der Waals surface area contributed by atoms with E-state index in [2.05, 4.69) is 32.0 Å². The lowest BCUT2D eigenvalue weighted by Crippen LogP contribution is -2.19. The van der Waals surface area contributed by atoms with Gasteiger partial charge in [-0.1, -0.05) is 102 Å². The fraction of sp³-hybridized carbons (Fsp3) is 0.0500. The molecular formula is C40H30N2O2. The highest BCUT2D eigenvalue weighted by atomic mass is 16.1. The summed E-state index contributed by atoms with van der Waals surface area (Å²) in [7, 11) is 0. The largest absolute Gasteiger partial charge is 0.276 e. The molecule has 212 valence electrons. The van der Waals surface area contributed by atoms with E-state index in [1.807, 2.05) is 132 Å². The quantitative estimate of drug-likeness (QED) is 0.195. The van der Waals surface area contributed by atoms with Crippen LogP contribution in [0.2, 0.25) is 0 Å². The molecule has 0 saturated carbocycles. The second-order valence-corrected chi connectivity index (χ2v) is 11.1. The maximum absolute atomic E-state index is 13.1. The standard InChI is InChI=1S/C21H17NO.C19H13NO/c1-14-7-10-16(11-8-14)22-20-12-9-15(2)13-19(20)17-5-3-4-6-18(17)21(22)23;21-19-17-12-5-4-10-15(17)16-11-6-7-13-18(16)20(19)14-8-2-1-3-9-14/h3-13H,1-2H3;1-13H. The normalized spacial score (nSPS) is 11.1. The van der Waals surface area contributed by atoms with Crippen LogP contribution in [0.25, 0.3) is 54.7 Å². The number of rotatable bonds is 2. The summed E-state index contributed by atoms with van der Waals surface area (Å²) in [5.41, 5.74) is 6.11. The molecule has 0 unspecified atom stereocenters. The fourth-order valence-electron chi connectivity index (χ4n) is 6.01. The number of benzene rings is 6. The van der Waals surface area contributed by atoms with Crippen molar-refractivity contribution in [3.05, 3.63) is 177 Å². The summed E-state index contributed by atoms with van der Waals surface area (Å²) >= 11 is 0. The number of hydrogen-bond acceptors (Lipinski definition) is 2. The molecule has 0 N–H and O–H groups in total. The molecule has 0 spiro atoms. The van der Waals surface area contributed by atoms with Gasteiger partial charge < -0.3 is 0 Å². The van der Waals surface area contributed by atoms with Crippen molar-refractivity contribution in [1.82, 2.24) is 9.13 Å². The van der Waals surface area contributed by atoms with Crippen molar-refractivity contribution in [3.63, 3.8) is 0 Å². The molecule has 6 aromatic carbocycles. The molecule has 0 aliphatic rings. The highest BCUT2D eigenvalue weighted by Crippen LogP contribution is 2.27. The molecule has 0 aliphatic heterocycles. The van der Waals surface area contributed by atoms with Crippen molar-refractivity contribution >= 4 is 43.4 Å². The number of pyridine rings is 2. The van der Waals surface area contributed by atoms with Crippen LogP contribution in [0.3, 0.4) is 0 Å². The third-order valence-electron chi connectivity index (χ3n) is 8.15. The fourth-order valence-corrected chi connectivity index (χ4v) is 6.01. The molecule has 8 aromatic rings. The first-order chi connectivity index (χ1) is 21.5. The van der Waals surface area contributed by atoms with Crippen molar-refractivity contribution in [2.24, 2.45) is 0 Å². The smallest absolute Gasteiger partial charge is 0.263 e. The van der Waals surface area contributed by atoms with Gasteiger partial charge in [0.2, 0.25) is 0 Å². The maximum Gasteiger partial charge on any atom is 0.263 e. The number of para-hydroxylation sites is 2. The molecule has 0 fully saturated rings. The maximum atomic E-state index is 13.1. The van der Waals surface area contributed by atoms with E-state index in [1.165, 1.54) is 11.1 Å². The van der Waals surface area contributed by atoms with Gasteiger partial charge in [-0.2, -0.15) is 0 Å². The van der Waals surface area contributed by atoms with E-state index in [9.17, 15) is 9.59 Å². The van der Waals surface area contributed by atoms with Crippen LogP contribution < -0.4 is 11.1 Å². The van der Waals surface area contributed by atoms with Crippen LogP contribution in [-0.4, -0.2) is 9.13 Å². The minimum atomic E-state index is 0.0236. The van der Waals surface area contributed by atoms with E-state index >= 15 is 0 Å². The van der Waals surface area contributed by atoms with Gasteiger partial charge in [-0.25, -0.2) is 0 Å². The summed E-state index contributed by atoms with van der Waals surface area (Å²) in [5.74, 6) is 0. The van der Waals surface area contributed by atoms with Crippen LogP contribution in [0, 0.1) is 13.8 Å². The van der Waals surface area contributed by atoms with E-state index in [1.54, 1.807) is 4.57 Å². The molecule has 8 rings (SSSR count). The van der Waals surface area contributed by atoms with E-state index in [-0.39, 0.29) is 11.1 Å². The van der Waals surface area contributed by atoms with Gasteiger partial charge in [0.15, 0.2) is 0 Å². The third kappa shape index (κ3) is 4.67. The van der Waals surface area contributed by atoms with Gasteiger partial charge >= 0.3 is 0 Å². The lowest BCUT2D eigenvalue weighted by atomic mass is 10.0. The Morgan fingerprint density at radius 3 is 1.41 bits per heavy atom. The molecule has 0 atom stereocenters. The van der Waals surface area contributed by atoms with Crippen LogP contribution in [0.5, 0.6) is 0 Å². The minimum absolute atomic E-state index is 0.0236. The zero-order valence-electron chi connectivity index (χ0n) is 24.6. The highest BCUT2D eigenvalue weighted by molar-refractivity contribution is 6.07. The molecule has 2 heterocycles. The van der Waals surface area contributed by atoms with Crippen LogP contribution in [-0.2, 0) is 0 Å². The summed E-state index contributed by atoms with van der Waals surface area (Å²) in [6.07, 6.45) is 0. The van der Waals surface area contributed by atoms with E-state index in [0.717, 1.165) is 54.7 Å². The van der Waals surface area contributed by atoms with E-state index in [4.69, 9.17) is 0 Å². The zero-order chi connectivity index (χ0) is 30.2. The first kappa shape index (κ1) is 27.1. The molecule has 0 radical (unpaired) electrons. The van der Waals surface area contributed by atoms with Crippen molar-refractivity contribution in [2.45, 2.75) is 13.8 Å². The molecule has 44 heavy (non-hydrogen) atoms. The van der Waals surface area contributed by atoms with Crippen molar-refractivity contribution in [1.29, 1.82) is 0 Å². The first-order valence-electron chi connectivity index (χ1n) is 14.7. The van der Waals surface area contributed by atoms with Gasteiger partial charge in [0.05, 0.1) is 11.0 Å². The van der Waals surface area contributed by atoms with Gasteiger partial charge in [0.25, 0.3) is 11.1 Å². The number of aryl methyl sites for hydroxylation is 2. The Bertz CT molecular complexity index is 2440. The molecule has 4 heteroatoms. The topological polar surface area (TPSA) is 44.0 Å². The Balaban J connectivity index is 0.000000143. The van der Waals surface area contributed by atoms with Gasteiger partial charge in [-0.15, -0.1) is 0 Å². The van der Waals surface area contributed by atoms with Crippen molar-refractivity contribution in [3.8, 4) is 11.4 Å². The molecular weight excluding hydrogens is 540 g/mol. The minimum Gasteiger partial charge on any atom is -0.276 e. The Kier molecular flexibility index (Phi) is 6.88.